The number of nitrogens with one attached hydrogen (secondary N) is 1. The van der Waals surface area contributed by atoms with Gasteiger partial charge >= 0.3 is 0 Å². The molecule has 1 saturated heterocycles. The summed E-state index contributed by atoms with van der Waals surface area (Å²) in [7, 11) is 0. The second-order valence-electron chi connectivity index (χ2n) is 5.96. The number of aromatic nitrogens is 3. The largest absolute Gasteiger partial charge is 0.352 e. The smallest absolute Gasteiger partial charge is 0.237 e. The molecule has 1 saturated carbocycles. The average molecular weight is 296 g/mol. The van der Waals surface area contributed by atoms with Gasteiger partial charge in [0.05, 0.1) is 17.0 Å². The Kier molecular flexibility index (Phi) is 2.79. The molecule has 7 nitrogen and oxygen atoms in total. The molecule has 1 aliphatic carbocycles. The number of rotatable bonds is 2. The van der Waals surface area contributed by atoms with Gasteiger partial charge in [0.2, 0.25) is 5.91 Å². The van der Waals surface area contributed by atoms with Crippen LogP contribution in [0.1, 0.15) is 19.3 Å². The van der Waals surface area contributed by atoms with E-state index < -0.39 is 0 Å². The molecule has 2 aliphatic rings. The lowest BCUT2D eigenvalue weighted by Crippen LogP contribution is -2.57. The first-order chi connectivity index (χ1) is 10.7. The summed E-state index contributed by atoms with van der Waals surface area (Å²) < 4.78 is 0. The monoisotopic (exact) mass is 296 g/mol. The molecule has 2 aromatic heterocycles. The molecule has 2 fully saturated rings. The lowest BCUT2D eigenvalue weighted by atomic mass is 10.1. The zero-order valence-corrected chi connectivity index (χ0v) is 12.1. The van der Waals surface area contributed by atoms with E-state index >= 15 is 0 Å². The van der Waals surface area contributed by atoms with E-state index in [9.17, 15) is 4.79 Å². The van der Waals surface area contributed by atoms with Crippen molar-refractivity contribution in [3.63, 3.8) is 0 Å². The van der Waals surface area contributed by atoms with Crippen LogP contribution < -0.4 is 4.90 Å². The predicted molar refractivity (Wildman–Crippen MR) is 80.0 cm³/mol. The third kappa shape index (κ3) is 1.91. The van der Waals surface area contributed by atoms with Gasteiger partial charge in [-0.15, -0.1) is 0 Å². The molecule has 0 aromatic carbocycles. The molecule has 112 valence electrons. The number of carbonyl (C=O) groups excluding carboxylic acids is 1. The van der Waals surface area contributed by atoms with Crippen LogP contribution in [-0.4, -0.2) is 50.9 Å². The number of amides is 1. The normalized spacial score (nSPS) is 19.4. The van der Waals surface area contributed by atoms with Crippen molar-refractivity contribution >= 4 is 22.8 Å². The van der Waals surface area contributed by atoms with Crippen molar-refractivity contribution in [1.29, 1.82) is 5.26 Å². The van der Waals surface area contributed by atoms with E-state index in [1.807, 2.05) is 23.2 Å². The van der Waals surface area contributed by atoms with Crippen LogP contribution >= 0.6 is 0 Å². The SMILES string of the molecule is N#CCC(=O)N1CCN(c2ncnc3[nH]ccc23)CC12CC2. The summed E-state index contributed by atoms with van der Waals surface area (Å²) in [5.74, 6) is 0.874. The molecule has 22 heavy (non-hydrogen) atoms. The molecule has 0 atom stereocenters. The minimum atomic E-state index is -0.0975. The first-order valence-electron chi connectivity index (χ1n) is 7.44. The third-order valence-corrected chi connectivity index (χ3v) is 4.64. The van der Waals surface area contributed by atoms with Gasteiger partial charge in [0.15, 0.2) is 0 Å². The van der Waals surface area contributed by atoms with Crippen LogP contribution in [-0.2, 0) is 4.79 Å². The van der Waals surface area contributed by atoms with E-state index in [1.165, 1.54) is 0 Å². The first-order valence-corrected chi connectivity index (χ1v) is 7.44. The number of anilines is 1. The van der Waals surface area contributed by atoms with Gasteiger partial charge in [0.1, 0.15) is 24.2 Å². The Morgan fingerprint density at radius 3 is 3.05 bits per heavy atom. The number of fused-ring (bicyclic) bond motifs is 1. The van der Waals surface area contributed by atoms with Gasteiger partial charge in [-0.3, -0.25) is 4.79 Å². The number of hydrogen-bond acceptors (Lipinski definition) is 5. The standard InChI is InChI=1S/C15H16N6O/c16-5-1-12(22)21-8-7-20(9-15(21)3-4-15)14-11-2-6-17-13(11)18-10-19-14/h2,6,10H,1,3-4,7-9H2,(H,17,18,19). The van der Waals surface area contributed by atoms with E-state index in [-0.39, 0.29) is 17.9 Å². The molecule has 2 aromatic rings. The molecular formula is C15H16N6O. The zero-order chi connectivity index (χ0) is 15.2. The fourth-order valence-corrected chi connectivity index (χ4v) is 3.39. The highest BCUT2D eigenvalue weighted by atomic mass is 16.2. The summed E-state index contributed by atoms with van der Waals surface area (Å²) in [5, 5.41) is 9.76. The van der Waals surface area contributed by atoms with Gasteiger partial charge in [-0.1, -0.05) is 0 Å². The molecule has 4 rings (SSSR count). The van der Waals surface area contributed by atoms with E-state index in [0.717, 1.165) is 42.8 Å². The topological polar surface area (TPSA) is 88.9 Å². The van der Waals surface area contributed by atoms with Gasteiger partial charge in [0.25, 0.3) is 0 Å². The van der Waals surface area contributed by atoms with Crippen molar-refractivity contribution in [3.05, 3.63) is 18.6 Å². The molecule has 1 N–H and O–H groups in total. The summed E-state index contributed by atoms with van der Waals surface area (Å²) in [4.78, 5) is 28.0. The Hall–Kier alpha value is -2.62. The molecule has 1 spiro atoms. The van der Waals surface area contributed by atoms with Crippen LogP contribution in [0.5, 0.6) is 0 Å². The second-order valence-corrected chi connectivity index (χ2v) is 5.96. The lowest BCUT2D eigenvalue weighted by molar-refractivity contribution is -0.133. The van der Waals surface area contributed by atoms with E-state index in [0.29, 0.717) is 6.54 Å². The van der Waals surface area contributed by atoms with Crippen LogP contribution in [0.4, 0.5) is 5.82 Å². The molecule has 1 amide bonds. The van der Waals surface area contributed by atoms with Crippen molar-refractivity contribution in [2.45, 2.75) is 24.8 Å². The maximum absolute atomic E-state index is 12.1. The van der Waals surface area contributed by atoms with E-state index in [4.69, 9.17) is 5.26 Å². The molecule has 0 radical (unpaired) electrons. The Balaban J connectivity index is 1.61. The Bertz CT molecular complexity index is 772. The Labute approximate surface area is 127 Å². The minimum Gasteiger partial charge on any atom is -0.352 e. The van der Waals surface area contributed by atoms with Gasteiger partial charge in [-0.05, 0) is 18.9 Å². The highest BCUT2D eigenvalue weighted by molar-refractivity contribution is 5.87. The molecule has 0 unspecified atom stereocenters. The van der Waals surface area contributed by atoms with Crippen LogP contribution in [0.3, 0.4) is 0 Å². The van der Waals surface area contributed by atoms with Crippen molar-refractivity contribution < 1.29 is 4.79 Å². The van der Waals surface area contributed by atoms with Gasteiger partial charge in [0, 0.05) is 25.8 Å². The highest BCUT2D eigenvalue weighted by Crippen LogP contribution is 2.45. The number of nitriles is 1. The van der Waals surface area contributed by atoms with Crippen LogP contribution in [0.25, 0.3) is 11.0 Å². The summed E-state index contributed by atoms with van der Waals surface area (Å²) in [6.07, 6.45) is 5.41. The molecule has 1 aliphatic heterocycles. The quantitative estimate of drug-likeness (QED) is 0.895. The summed E-state index contributed by atoms with van der Waals surface area (Å²) >= 11 is 0. The van der Waals surface area contributed by atoms with E-state index in [2.05, 4.69) is 19.9 Å². The molecule has 0 bridgehead atoms. The zero-order valence-electron chi connectivity index (χ0n) is 12.1. The number of nitrogens with zero attached hydrogens (tertiary/aromatic N) is 5. The van der Waals surface area contributed by atoms with Crippen LogP contribution in [0, 0.1) is 11.3 Å². The van der Waals surface area contributed by atoms with Crippen LogP contribution in [0.15, 0.2) is 18.6 Å². The third-order valence-electron chi connectivity index (χ3n) is 4.64. The molecule has 3 heterocycles. The summed E-state index contributed by atoms with van der Waals surface area (Å²) in [5.41, 5.74) is 0.734. The molecule has 7 heteroatoms. The second kappa shape index (κ2) is 4.70. The van der Waals surface area contributed by atoms with Gasteiger partial charge < -0.3 is 14.8 Å². The van der Waals surface area contributed by atoms with Crippen molar-refractivity contribution in [3.8, 4) is 6.07 Å². The number of aromatic amines is 1. The fraction of sp³-hybridized carbons (Fsp3) is 0.467. The first kappa shape index (κ1) is 13.1. The predicted octanol–water partition coefficient (Wildman–Crippen LogP) is 1.05. The molecular weight excluding hydrogens is 280 g/mol. The number of piperazine rings is 1. The Morgan fingerprint density at radius 2 is 2.27 bits per heavy atom. The van der Waals surface area contributed by atoms with Crippen LogP contribution in [0.2, 0.25) is 0 Å². The number of H-pyrrole nitrogens is 1. The van der Waals surface area contributed by atoms with E-state index in [1.54, 1.807) is 6.33 Å². The average Bonchev–Trinajstić information content (AvgIpc) is 3.11. The maximum Gasteiger partial charge on any atom is 0.237 e. The van der Waals surface area contributed by atoms with Crippen molar-refractivity contribution in [2.75, 3.05) is 24.5 Å². The van der Waals surface area contributed by atoms with Crippen molar-refractivity contribution in [2.24, 2.45) is 0 Å². The number of hydrogen-bond donors (Lipinski definition) is 1. The van der Waals surface area contributed by atoms with Crippen molar-refractivity contribution in [1.82, 2.24) is 19.9 Å². The minimum absolute atomic E-state index is 0.0304. The Morgan fingerprint density at radius 1 is 1.41 bits per heavy atom. The van der Waals surface area contributed by atoms with Gasteiger partial charge in [-0.2, -0.15) is 5.26 Å². The number of carbonyl (C=O) groups is 1. The highest BCUT2D eigenvalue weighted by Gasteiger charge is 2.53. The van der Waals surface area contributed by atoms with Gasteiger partial charge in [-0.25, -0.2) is 9.97 Å². The summed E-state index contributed by atoms with van der Waals surface area (Å²) in [6, 6.07) is 3.95. The lowest BCUT2D eigenvalue weighted by Gasteiger charge is -2.42. The fourth-order valence-electron chi connectivity index (χ4n) is 3.39. The summed E-state index contributed by atoms with van der Waals surface area (Å²) in [6.45, 7) is 2.16. The maximum atomic E-state index is 12.1.